The summed E-state index contributed by atoms with van der Waals surface area (Å²) in [6.07, 6.45) is 3.54. The van der Waals surface area contributed by atoms with Gasteiger partial charge >= 0.3 is 0 Å². The molecule has 18 heavy (non-hydrogen) atoms. The van der Waals surface area contributed by atoms with Crippen LogP contribution in [0.3, 0.4) is 0 Å². The molecule has 1 aliphatic carbocycles. The van der Waals surface area contributed by atoms with E-state index in [-0.39, 0.29) is 5.75 Å². The quantitative estimate of drug-likeness (QED) is 0.880. The summed E-state index contributed by atoms with van der Waals surface area (Å²) in [7, 11) is 0. The lowest BCUT2D eigenvalue weighted by Crippen LogP contribution is -1.95. The predicted molar refractivity (Wildman–Crippen MR) is 67.2 cm³/mol. The fourth-order valence-electron chi connectivity index (χ4n) is 2.56. The van der Waals surface area contributed by atoms with E-state index < -0.39 is 0 Å². The molecule has 0 saturated heterocycles. The van der Waals surface area contributed by atoms with Gasteiger partial charge in [0.05, 0.1) is 0 Å². The third-order valence-corrected chi connectivity index (χ3v) is 3.62. The van der Waals surface area contributed by atoms with Gasteiger partial charge in [0.2, 0.25) is 0 Å². The largest absolute Gasteiger partial charge is 0.508 e. The Labute approximate surface area is 106 Å². The monoisotopic (exact) mass is 244 g/mol. The third-order valence-electron chi connectivity index (χ3n) is 3.62. The predicted octanol–water partition coefficient (Wildman–Crippen LogP) is 3.35. The molecule has 1 heterocycles. The van der Waals surface area contributed by atoms with Crippen molar-refractivity contribution in [3.8, 4) is 17.2 Å². The zero-order chi connectivity index (χ0) is 12.5. The van der Waals surface area contributed by atoms with Crippen molar-refractivity contribution in [3.63, 3.8) is 0 Å². The van der Waals surface area contributed by atoms with Crippen LogP contribution >= 0.6 is 0 Å². The fraction of sp³-hybridized carbons (Fsp3) is 0.429. The van der Waals surface area contributed by atoms with Gasteiger partial charge in [0.15, 0.2) is 5.82 Å². The zero-order valence-corrected chi connectivity index (χ0v) is 10.3. The molecule has 2 aromatic rings. The van der Waals surface area contributed by atoms with E-state index >= 15 is 0 Å². The molecule has 1 fully saturated rings. The minimum atomic E-state index is 0.239. The number of phenols is 1. The molecular formula is C14H16N2O2. The number of nitrogens with zero attached hydrogens (tertiary/aromatic N) is 2. The van der Waals surface area contributed by atoms with E-state index in [1.54, 1.807) is 24.3 Å². The number of aromatic nitrogens is 2. The lowest BCUT2D eigenvalue weighted by molar-refractivity contribution is 0.414. The zero-order valence-electron chi connectivity index (χ0n) is 10.3. The van der Waals surface area contributed by atoms with Crippen molar-refractivity contribution < 1.29 is 9.63 Å². The van der Waals surface area contributed by atoms with Crippen LogP contribution in [-0.4, -0.2) is 15.2 Å². The van der Waals surface area contributed by atoms with Gasteiger partial charge in [-0.05, 0) is 49.4 Å². The molecule has 1 aromatic carbocycles. The Bertz CT molecular complexity index is 533. The number of hydrogen-bond donors (Lipinski definition) is 1. The van der Waals surface area contributed by atoms with Crippen LogP contribution in [0.4, 0.5) is 0 Å². The smallest absolute Gasteiger partial charge is 0.257 e. The fourth-order valence-corrected chi connectivity index (χ4v) is 2.56. The average molecular weight is 244 g/mol. The Kier molecular flexibility index (Phi) is 2.78. The van der Waals surface area contributed by atoms with Crippen LogP contribution < -0.4 is 0 Å². The topological polar surface area (TPSA) is 59.2 Å². The van der Waals surface area contributed by atoms with Crippen LogP contribution in [0.25, 0.3) is 11.5 Å². The molecule has 0 amide bonds. The van der Waals surface area contributed by atoms with E-state index in [0.29, 0.717) is 11.8 Å². The second-order valence-electron chi connectivity index (χ2n) is 5.12. The molecule has 0 aliphatic heterocycles. The summed E-state index contributed by atoms with van der Waals surface area (Å²) in [5.74, 6) is 2.79. The summed E-state index contributed by atoms with van der Waals surface area (Å²) in [6.45, 7) is 2.26. The summed E-state index contributed by atoms with van der Waals surface area (Å²) in [5, 5.41) is 13.3. The molecule has 4 heteroatoms. The van der Waals surface area contributed by atoms with Crippen LogP contribution in [0.15, 0.2) is 28.8 Å². The second kappa shape index (κ2) is 4.44. The van der Waals surface area contributed by atoms with Gasteiger partial charge in [-0.2, -0.15) is 4.98 Å². The molecule has 0 radical (unpaired) electrons. The first-order valence-electron chi connectivity index (χ1n) is 6.35. The summed E-state index contributed by atoms with van der Waals surface area (Å²) >= 11 is 0. The number of benzene rings is 1. The first kappa shape index (κ1) is 11.3. The standard InChI is InChI=1S/C14H16N2O2/c1-9-2-3-11(8-9)13-15-14(18-16-13)10-4-6-12(17)7-5-10/h4-7,9,11,17H,2-3,8H2,1H3. The minimum absolute atomic E-state index is 0.239. The summed E-state index contributed by atoms with van der Waals surface area (Å²) in [5.41, 5.74) is 0.845. The molecule has 0 spiro atoms. The Morgan fingerprint density at radius 1 is 1.22 bits per heavy atom. The van der Waals surface area contributed by atoms with E-state index in [1.165, 1.54) is 6.42 Å². The molecule has 4 nitrogen and oxygen atoms in total. The number of rotatable bonds is 2. The molecule has 1 saturated carbocycles. The van der Waals surface area contributed by atoms with Crippen LogP contribution in [0.2, 0.25) is 0 Å². The van der Waals surface area contributed by atoms with Gasteiger partial charge in [0, 0.05) is 11.5 Å². The van der Waals surface area contributed by atoms with E-state index in [2.05, 4.69) is 17.1 Å². The van der Waals surface area contributed by atoms with Crippen molar-refractivity contribution >= 4 is 0 Å². The Balaban J connectivity index is 1.83. The van der Waals surface area contributed by atoms with Crippen molar-refractivity contribution in [2.45, 2.75) is 32.1 Å². The van der Waals surface area contributed by atoms with E-state index in [1.807, 2.05) is 0 Å². The normalized spacial score (nSPS) is 23.4. The maximum Gasteiger partial charge on any atom is 0.257 e. The van der Waals surface area contributed by atoms with Gasteiger partial charge in [-0.15, -0.1) is 0 Å². The maximum atomic E-state index is 9.24. The molecule has 1 N–H and O–H groups in total. The van der Waals surface area contributed by atoms with Crippen LogP contribution in [0.5, 0.6) is 5.75 Å². The van der Waals surface area contributed by atoms with E-state index in [0.717, 1.165) is 30.1 Å². The third kappa shape index (κ3) is 2.10. The van der Waals surface area contributed by atoms with Crippen molar-refractivity contribution in [2.24, 2.45) is 5.92 Å². The number of phenolic OH excluding ortho intramolecular Hbond substituents is 1. The second-order valence-corrected chi connectivity index (χ2v) is 5.12. The van der Waals surface area contributed by atoms with Gasteiger partial charge in [-0.3, -0.25) is 0 Å². The van der Waals surface area contributed by atoms with Crippen LogP contribution in [0, 0.1) is 5.92 Å². The van der Waals surface area contributed by atoms with Crippen molar-refractivity contribution in [1.29, 1.82) is 0 Å². The summed E-state index contributed by atoms with van der Waals surface area (Å²) < 4.78 is 5.30. The molecule has 94 valence electrons. The molecular weight excluding hydrogens is 228 g/mol. The van der Waals surface area contributed by atoms with Crippen LogP contribution in [-0.2, 0) is 0 Å². The Morgan fingerprint density at radius 2 is 2.00 bits per heavy atom. The van der Waals surface area contributed by atoms with Gasteiger partial charge in [0.25, 0.3) is 5.89 Å². The summed E-state index contributed by atoms with van der Waals surface area (Å²) in [6, 6.07) is 6.81. The highest BCUT2D eigenvalue weighted by atomic mass is 16.5. The molecule has 2 unspecified atom stereocenters. The van der Waals surface area contributed by atoms with E-state index in [9.17, 15) is 5.11 Å². The Hall–Kier alpha value is -1.84. The Morgan fingerprint density at radius 3 is 2.67 bits per heavy atom. The lowest BCUT2D eigenvalue weighted by Gasteiger charge is -2.01. The first-order valence-corrected chi connectivity index (χ1v) is 6.35. The number of hydrogen-bond acceptors (Lipinski definition) is 4. The molecule has 2 atom stereocenters. The minimum Gasteiger partial charge on any atom is -0.508 e. The van der Waals surface area contributed by atoms with Gasteiger partial charge in [0.1, 0.15) is 5.75 Å². The number of aromatic hydroxyl groups is 1. The average Bonchev–Trinajstić information content (AvgIpc) is 2.98. The van der Waals surface area contributed by atoms with Crippen LogP contribution in [0.1, 0.15) is 37.9 Å². The molecule has 3 rings (SSSR count). The molecule has 0 bridgehead atoms. The van der Waals surface area contributed by atoms with Crippen molar-refractivity contribution in [2.75, 3.05) is 0 Å². The van der Waals surface area contributed by atoms with Crippen molar-refractivity contribution in [3.05, 3.63) is 30.1 Å². The summed E-state index contributed by atoms with van der Waals surface area (Å²) in [4.78, 5) is 4.47. The molecule has 1 aliphatic rings. The highest BCUT2D eigenvalue weighted by Gasteiger charge is 2.26. The lowest BCUT2D eigenvalue weighted by atomic mass is 10.1. The highest BCUT2D eigenvalue weighted by molar-refractivity contribution is 5.54. The first-order chi connectivity index (χ1) is 8.72. The maximum absolute atomic E-state index is 9.24. The molecule has 1 aromatic heterocycles. The van der Waals surface area contributed by atoms with Gasteiger partial charge in [-0.25, -0.2) is 0 Å². The van der Waals surface area contributed by atoms with Gasteiger partial charge in [-0.1, -0.05) is 12.1 Å². The van der Waals surface area contributed by atoms with E-state index in [4.69, 9.17) is 4.52 Å². The SMILES string of the molecule is CC1CCC(c2noc(-c3ccc(O)cc3)n2)C1. The van der Waals surface area contributed by atoms with Crippen molar-refractivity contribution in [1.82, 2.24) is 10.1 Å². The highest BCUT2D eigenvalue weighted by Crippen LogP contribution is 2.37. The van der Waals surface area contributed by atoms with Gasteiger partial charge < -0.3 is 9.63 Å².